The maximum atomic E-state index is 11.6. The third kappa shape index (κ3) is 3.08. The molecule has 1 aromatic rings. The zero-order valence-electron chi connectivity index (χ0n) is 10.1. The minimum Gasteiger partial charge on any atom is -0.493 e. The van der Waals surface area contributed by atoms with E-state index >= 15 is 0 Å². The standard InChI is InChI=1S/C12H16N2O3/c1-3-17-6-4-5-14-11(15)7-9(2)10(8-13)12(14)16/h7,16H,3-6H2,1-2H3. The van der Waals surface area contributed by atoms with Crippen molar-refractivity contribution in [1.82, 2.24) is 4.57 Å². The van der Waals surface area contributed by atoms with Crippen LogP contribution in [0.1, 0.15) is 24.5 Å². The average molecular weight is 236 g/mol. The van der Waals surface area contributed by atoms with Crippen LogP contribution in [0.3, 0.4) is 0 Å². The van der Waals surface area contributed by atoms with Gasteiger partial charge in [-0.2, -0.15) is 5.26 Å². The van der Waals surface area contributed by atoms with E-state index in [1.54, 1.807) is 6.92 Å². The average Bonchev–Trinajstić information content (AvgIpc) is 2.28. The normalized spacial score (nSPS) is 10.2. The second-order valence-corrected chi connectivity index (χ2v) is 3.68. The molecule has 5 heteroatoms. The molecule has 1 rings (SSSR count). The molecule has 0 amide bonds. The van der Waals surface area contributed by atoms with Crippen molar-refractivity contribution in [3.05, 3.63) is 27.5 Å². The lowest BCUT2D eigenvalue weighted by Gasteiger charge is -2.10. The molecule has 0 atom stereocenters. The van der Waals surface area contributed by atoms with Gasteiger partial charge in [-0.25, -0.2) is 0 Å². The Kier molecular flexibility index (Phi) is 4.73. The van der Waals surface area contributed by atoms with Gasteiger partial charge in [0.05, 0.1) is 0 Å². The molecule has 0 unspecified atom stereocenters. The van der Waals surface area contributed by atoms with E-state index < -0.39 is 0 Å². The van der Waals surface area contributed by atoms with Crippen LogP contribution in [0.2, 0.25) is 0 Å². The summed E-state index contributed by atoms with van der Waals surface area (Å²) in [6.07, 6.45) is 0.620. The van der Waals surface area contributed by atoms with E-state index in [1.807, 2.05) is 13.0 Å². The Morgan fingerprint density at radius 3 is 2.88 bits per heavy atom. The van der Waals surface area contributed by atoms with Crippen LogP contribution in [0.4, 0.5) is 0 Å². The smallest absolute Gasteiger partial charge is 0.253 e. The van der Waals surface area contributed by atoms with Crippen LogP contribution >= 0.6 is 0 Å². The maximum absolute atomic E-state index is 11.6. The Bertz CT molecular complexity index is 486. The first-order chi connectivity index (χ1) is 8.11. The quantitative estimate of drug-likeness (QED) is 0.778. The van der Waals surface area contributed by atoms with Gasteiger partial charge in [0.2, 0.25) is 5.88 Å². The van der Waals surface area contributed by atoms with Gasteiger partial charge in [-0.3, -0.25) is 9.36 Å². The Labute approximate surface area is 99.9 Å². The van der Waals surface area contributed by atoms with Crippen molar-refractivity contribution in [2.45, 2.75) is 26.8 Å². The molecule has 5 nitrogen and oxygen atoms in total. The lowest BCUT2D eigenvalue weighted by atomic mass is 10.1. The number of aromatic hydroxyl groups is 1. The van der Waals surface area contributed by atoms with Crippen molar-refractivity contribution < 1.29 is 9.84 Å². The number of aryl methyl sites for hydroxylation is 1. The molecule has 17 heavy (non-hydrogen) atoms. The summed E-state index contributed by atoms with van der Waals surface area (Å²) in [5.41, 5.74) is 0.354. The fourth-order valence-electron chi connectivity index (χ4n) is 1.57. The van der Waals surface area contributed by atoms with Gasteiger partial charge in [-0.15, -0.1) is 0 Å². The van der Waals surface area contributed by atoms with Crippen molar-refractivity contribution in [3.63, 3.8) is 0 Å². The summed E-state index contributed by atoms with van der Waals surface area (Å²) in [6.45, 7) is 5.02. The first kappa shape index (κ1) is 13.3. The van der Waals surface area contributed by atoms with Gasteiger partial charge in [0.15, 0.2) is 0 Å². The summed E-state index contributed by atoms with van der Waals surface area (Å²) in [5, 5.41) is 18.7. The number of pyridine rings is 1. The third-order valence-corrected chi connectivity index (χ3v) is 2.47. The van der Waals surface area contributed by atoms with Crippen LogP contribution in [0.5, 0.6) is 5.88 Å². The minimum absolute atomic E-state index is 0.154. The molecule has 0 spiro atoms. The number of rotatable bonds is 5. The first-order valence-corrected chi connectivity index (χ1v) is 5.53. The Hall–Kier alpha value is -1.80. The molecule has 0 radical (unpaired) electrons. The van der Waals surface area contributed by atoms with Gasteiger partial charge < -0.3 is 9.84 Å². The van der Waals surface area contributed by atoms with Gasteiger partial charge >= 0.3 is 0 Å². The highest BCUT2D eigenvalue weighted by Crippen LogP contribution is 2.17. The van der Waals surface area contributed by atoms with E-state index in [-0.39, 0.29) is 17.0 Å². The Morgan fingerprint density at radius 1 is 1.59 bits per heavy atom. The van der Waals surface area contributed by atoms with Gasteiger partial charge in [0.1, 0.15) is 11.6 Å². The minimum atomic E-state index is -0.296. The highest BCUT2D eigenvalue weighted by atomic mass is 16.5. The fourth-order valence-corrected chi connectivity index (χ4v) is 1.57. The second-order valence-electron chi connectivity index (χ2n) is 3.68. The van der Waals surface area contributed by atoms with Crippen molar-refractivity contribution in [1.29, 1.82) is 5.26 Å². The lowest BCUT2D eigenvalue weighted by molar-refractivity contribution is 0.140. The van der Waals surface area contributed by atoms with E-state index in [0.717, 1.165) is 0 Å². The van der Waals surface area contributed by atoms with E-state index in [4.69, 9.17) is 10.00 Å². The fraction of sp³-hybridized carbons (Fsp3) is 0.500. The van der Waals surface area contributed by atoms with E-state index in [0.29, 0.717) is 31.7 Å². The molecule has 0 aromatic carbocycles. The van der Waals surface area contributed by atoms with Crippen molar-refractivity contribution >= 4 is 0 Å². The van der Waals surface area contributed by atoms with Crippen LogP contribution in [-0.4, -0.2) is 22.9 Å². The van der Waals surface area contributed by atoms with Crippen molar-refractivity contribution in [2.75, 3.05) is 13.2 Å². The van der Waals surface area contributed by atoms with Crippen molar-refractivity contribution in [2.24, 2.45) is 0 Å². The SMILES string of the molecule is CCOCCCn1c(O)c(C#N)c(C)cc1=O. The van der Waals surface area contributed by atoms with Crippen LogP contribution in [0.15, 0.2) is 10.9 Å². The maximum Gasteiger partial charge on any atom is 0.253 e. The molecule has 1 aromatic heterocycles. The first-order valence-electron chi connectivity index (χ1n) is 5.53. The predicted molar refractivity (Wildman–Crippen MR) is 62.9 cm³/mol. The number of hydrogen-bond acceptors (Lipinski definition) is 4. The molecule has 92 valence electrons. The topological polar surface area (TPSA) is 75.2 Å². The van der Waals surface area contributed by atoms with Crippen LogP contribution < -0.4 is 5.56 Å². The molecule has 0 aliphatic heterocycles. The number of nitriles is 1. The summed E-state index contributed by atoms with van der Waals surface area (Å²) < 4.78 is 6.35. The zero-order valence-corrected chi connectivity index (χ0v) is 10.1. The molecular weight excluding hydrogens is 220 g/mol. The summed E-state index contributed by atoms with van der Waals surface area (Å²) in [5.74, 6) is -0.256. The number of ether oxygens (including phenoxy) is 1. The summed E-state index contributed by atoms with van der Waals surface area (Å²) in [4.78, 5) is 11.6. The van der Waals surface area contributed by atoms with E-state index in [2.05, 4.69) is 0 Å². The highest BCUT2D eigenvalue weighted by Gasteiger charge is 2.11. The molecule has 0 aliphatic rings. The Balaban J connectivity index is 2.93. The molecule has 1 heterocycles. The van der Waals surface area contributed by atoms with E-state index in [9.17, 15) is 9.90 Å². The molecule has 0 saturated heterocycles. The number of nitrogens with zero attached hydrogens (tertiary/aromatic N) is 2. The molecule has 0 aliphatic carbocycles. The molecule has 1 N–H and O–H groups in total. The van der Waals surface area contributed by atoms with Gasteiger partial charge in [-0.1, -0.05) is 0 Å². The van der Waals surface area contributed by atoms with Crippen LogP contribution in [-0.2, 0) is 11.3 Å². The zero-order chi connectivity index (χ0) is 12.8. The largest absolute Gasteiger partial charge is 0.493 e. The summed E-state index contributed by atoms with van der Waals surface area (Å²) in [7, 11) is 0. The molecular formula is C12H16N2O3. The van der Waals surface area contributed by atoms with Gasteiger partial charge in [0.25, 0.3) is 5.56 Å². The summed E-state index contributed by atoms with van der Waals surface area (Å²) >= 11 is 0. The second kappa shape index (κ2) is 6.06. The van der Waals surface area contributed by atoms with Crippen molar-refractivity contribution in [3.8, 4) is 11.9 Å². The monoisotopic (exact) mass is 236 g/mol. The van der Waals surface area contributed by atoms with Crippen LogP contribution in [0.25, 0.3) is 0 Å². The third-order valence-electron chi connectivity index (χ3n) is 2.47. The molecule has 0 fully saturated rings. The Morgan fingerprint density at radius 2 is 2.29 bits per heavy atom. The molecule has 0 saturated carbocycles. The lowest BCUT2D eigenvalue weighted by Crippen LogP contribution is -2.21. The van der Waals surface area contributed by atoms with E-state index in [1.165, 1.54) is 10.6 Å². The number of aromatic nitrogens is 1. The van der Waals surface area contributed by atoms with Crippen LogP contribution in [0, 0.1) is 18.3 Å². The highest BCUT2D eigenvalue weighted by molar-refractivity contribution is 5.43. The predicted octanol–water partition coefficient (Wildman–Crippen LogP) is 1.16. The van der Waals surface area contributed by atoms with Gasteiger partial charge in [-0.05, 0) is 25.8 Å². The van der Waals surface area contributed by atoms with Gasteiger partial charge in [0, 0.05) is 25.8 Å². The summed E-state index contributed by atoms with van der Waals surface area (Å²) in [6, 6.07) is 3.25. The molecule has 0 bridgehead atoms. The number of hydrogen-bond donors (Lipinski definition) is 1.